The molecule has 0 saturated carbocycles. The molecule has 1 fully saturated rings. The fourth-order valence-electron chi connectivity index (χ4n) is 4.12. The van der Waals surface area contributed by atoms with E-state index in [2.05, 4.69) is 17.0 Å². The minimum Gasteiger partial charge on any atom is -0.497 e. The molecule has 6 heteroatoms. The molecule has 0 aliphatic carbocycles. The first-order valence-electron chi connectivity index (χ1n) is 11.1. The third-order valence-electron chi connectivity index (χ3n) is 5.95. The molecule has 4 rings (SSSR count). The van der Waals surface area contributed by atoms with Gasteiger partial charge in [0.15, 0.2) is 5.78 Å². The molecule has 170 valence electrons. The largest absolute Gasteiger partial charge is 0.497 e. The Kier molecular flexibility index (Phi) is 7.43. The third kappa shape index (κ3) is 5.62. The zero-order chi connectivity index (χ0) is 23.2. The van der Waals surface area contributed by atoms with Crippen LogP contribution in [0.4, 0.5) is 0 Å². The van der Waals surface area contributed by atoms with Crippen molar-refractivity contribution in [3.05, 3.63) is 100 Å². The zero-order valence-electron chi connectivity index (χ0n) is 18.7. The van der Waals surface area contributed by atoms with E-state index in [9.17, 15) is 9.59 Å². The standard InChI is InChI=1S/C27H27ClN2O3/c1-33-23-13-7-20(8-14-23)19-29-15-4-16-30(18-17-29)27(32)25-6-3-2-5-24(25)26(31)21-9-11-22(28)12-10-21/h2-3,5-14H,4,15-19H2,1H3. The van der Waals surface area contributed by atoms with Crippen LogP contribution < -0.4 is 4.74 Å². The Morgan fingerprint density at radius 2 is 1.55 bits per heavy atom. The number of carbonyl (C=O) groups is 2. The van der Waals surface area contributed by atoms with Gasteiger partial charge in [0, 0.05) is 48.9 Å². The summed E-state index contributed by atoms with van der Waals surface area (Å²) < 4.78 is 5.23. The van der Waals surface area contributed by atoms with Crippen molar-refractivity contribution in [3.63, 3.8) is 0 Å². The average Bonchev–Trinajstić information content (AvgIpc) is 3.09. The van der Waals surface area contributed by atoms with Crippen molar-refractivity contribution in [1.29, 1.82) is 0 Å². The first-order valence-corrected chi connectivity index (χ1v) is 11.5. The molecule has 0 radical (unpaired) electrons. The second-order valence-electron chi connectivity index (χ2n) is 8.15. The lowest BCUT2D eigenvalue weighted by atomic mass is 9.97. The van der Waals surface area contributed by atoms with E-state index in [1.54, 1.807) is 55.6 Å². The Morgan fingerprint density at radius 1 is 0.848 bits per heavy atom. The molecule has 33 heavy (non-hydrogen) atoms. The van der Waals surface area contributed by atoms with Crippen LogP contribution in [-0.2, 0) is 6.54 Å². The molecule has 0 atom stereocenters. The second kappa shape index (κ2) is 10.6. The molecule has 0 spiro atoms. The molecule has 5 nitrogen and oxygen atoms in total. The highest BCUT2D eigenvalue weighted by atomic mass is 35.5. The highest BCUT2D eigenvalue weighted by Crippen LogP contribution is 2.20. The summed E-state index contributed by atoms with van der Waals surface area (Å²) in [5, 5.41) is 0.569. The van der Waals surface area contributed by atoms with Gasteiger partial charge in [0.1, 0.15) is 5.75 Å². The van der Waals surface area contributed by atoms with E-state index in [1.807, 2.05) is 17.0 Å². The maximum absolute atomic E-state index is 13.4. The fourth-order valence-corrected chi connectivity index (χ4v) is 4.24. The lowest BCUT2D eigenvalue weighted by Gasteiger charge is -2.23. The van der Waals surface area contributed by atoms with Gasteiger partial charge in [-0.1, -0.05) is 41.9 Å². The van der Waals surface area contributed by atoms with Gasteiger partial charge < -0.3 is 9.64 Å². The Bertz CT molecular complexity index is 1110. The Labute approximate surface area is 199 Å². The first-order chi connectivity index (χ1) is 16.0. The number of carbonyl (C=O) groups excluding carboxylic acids is 2. The number of methoxy groups -OCH3 is 1. The average molecular weight is 463 g/mol. The van der Waals surface area contributed by atoms with Crippen LogP contribution in [0.15, 0.2) is 72.8 Å². The number of ketones is 1. The van der Waals surface area contributed by atoms with Gasteiger partial charge in [-0.05, 0) is 54.4 Å². The number of ether oxygens (including phenoxy) is 1. The van der Waals surface area contributed by atoms with Crippen LogP contribution in [0.25, 0.3) is 0 Å². The van der Waals surface area contributed by atoms with E-state index >= 15 is 0 Å². The number of hydrogen-bond acceptors (Lipinski definition) is 4. The van der Waals surface area contributed by atoms with Crippen molar-refractivity contribution >= 4 is 23.3 Å². The van der Waals surface area contributed by atoms with Gasteiger partial charge in [-0.25, -0.2) is 0 Å². The van der Waals surface area contributed by atoms with Crippen LogP contribution in [0, 0.1) is 0 Å². The van der Waals surface area contributed by atoms with E-state index in [0.29, 0.717) is 34.8 Å². The molecule has 1 amide bonds. The van der Waals surface area contributed by atoms with Gasteiger partial charge in [0.25, 0.3) is 5.91 Å². The number of halogens is 1. The number of hydrogen-bond donors (Lipinski definition) is 0. The van der Waals surface area contributed by atoms with Crippen molar-refractivity contribution < 1.29 is 14.3 Å². The summed E-state index contributed by atoms with van der Waals surface area (Å²) in [6, 6.07) is 21.9. The lowest BCUT2D eigenvalue weighted by molar-refractivity contribution is 0.0756. The summed E-state index contributed by atoms with van der Waals surface area (Å²) in [6.07, 6.45) is 0.884. The SMILES string of the molecule is COc1ccc(CN2CCCN(C(=O)c3ccccc3C(=O)c3ccc(Cl)cc3)CC2)cc1. The molecule has 0 unspecified atom stereocenters. The summed E-state index contributed by atoms with van der Waals surface area (Å²) >= 11 is 5.96. The molecule has 0 N–H and O–H groups in total. The smallest absolute Gasteiger partial charge is 0.254 e. The lowest BCUT2D eigenvalue weighted by Crippen LogP contribution is -2.35. The first kappa shape index (κ1) is 23.0. The predicted octanol–water partition coefficient (Wildman–Crippen LogP) is 4.93. The third-order valence-corrected chi connectivity index (χ3v) is 6.20. The molecule has 1 aliphatic heterocycles. The summed E-state index contributed by atoms with van der Waals surface area (Å²) in [7, 11) is 1.66. The van der Waals surface area contributed by atoms with E-state index in [-0.39, 0.29) is 11.7 Å². The topological polar surface area (TPSA) is 49.9 Å². The van der Waals surface area contributed by atoms with Crippen molar-refractivity contribution in [1.82, 2.24) is 9.80 Å². The van der Waals surface area contributed by atoms with Gasteiger partial charge in [0.05, 0.1) is 12.7 Å². The van der Waals surface area contributed by atoms with Gasteiger partial charge >= 0.3 is 0 Å². The van der Waals surface area contributed by atoms with Crippen molar-refractivity contribution in [2.75, 3.05) is 33.3 Å². The van der Waals surface area contributed by atoms with Crippen LogP contribution in [0.2, 0.25) is 5.02 Å². The number of rotatable bonds is 6. The van der Waals surface area contributed by atoms with Crippen molar-refractivity contribution in [2.45, 2.75) is 13.0 Å². The molecule has 3 aromatic rings. The summed E-state index contributed by atoms with van der Waals surface area (Å²) in [6.45, 7) is 3.82. The van der Waals surface area contributed by atoms with Crippen LogP contribution in [0.1, 0.15) is 38.3 Å². The molecule has 1 aliphatic rings. The van der Waals surface area contributed by atoms with Gasteiger partial charge in [0.2, 0.25) is 0 Å². The Morgan fingerprint density at radius 3 is 2.24 bits per heavy atom. The van der Waals surface area contributed by atoms with E-state index in [1.165, 1.54) is 5.56 Å². The molecule has 1 heterocycles. The molecule has 3 aromatic carbocycles. The molecule has 1 saturated heterocycles. The summed E-state index contributed by atoms with van der Waals surface area (Å²) in [4.78, 5) is 30.7. The van der Waals surface area contributed by atoms with Crippen LogP contribution in [-0.4, -0.2) is 54.8 Å². The highest BCUT2D eigenvalue weighted by molar-refractivity contribution is 6.30. The zero-order valence-corrected chi connectivity index (χ0v) is 19.4. The van der Waals surface area contributed by atoms with E-state index < -0.39 is 0 Å². The maximum Gasteiger partial charge on any atom is 0.254 e. The predicted molar refractivity (Wildman–Crippen MR) is 130 cm³/mol. The van der Waals surface area contributed by atoms with Gasteiger partial charge in [-0.15, -0.1) is 0 Å². The van der Waals surface area contributed by atoms with Crippen LogP contribution >= 0.6 is 11.6 Å². The summed E-state index contributed by atoms with van der Waals surface area (Å²) in [5.41, 5.74) is 2.60. The number of nitrogens with zero attached hydrogens (tertiary/aromatic N) is 2. The minimum absolute atomic E-state index is 0.0980. The van der Waals surface area contributed by atoms with Crippen molar-refractivity contribution in [2.24, 2.45) is 0 Å². The molecule has 0 aromatic heterocycles. The minimum atomic E-state index is -0.174. The maximum atomic E-state index is 13.4. The molecular formula is C27H27ClN2O3. The highest BCUT2D eigenvalue weighted by Gasteiger charge is 2.24. The fraction of sp³-hybridized carbons (Fsp3) is 0.259. The number of benzene rings is 3. The molecular weight excluding hydrogens is 436 g/mol. The second-order valence-corrected chi connectivity index (χ2v) is 8.59. The van der Waals surface area contributed by atoms with Crippen molar-refractivity contribution in [3.8, 4) is 5.75 Å². The van der Waals surface area contributed by atoms with E-state index in [0.717, 1.165) is 31.8 Å². The van der Waals surface area contributed by atoms with Crippen LogP contribution in [0.5, 0.6) is 5.75 Å². The molecule has 0 bridgehead atoms. The van der Waals surface area contributed by atoms with Crippen LogP contribution in [0.3, 0.4) is 0 Å². The monoisotopic (exact) mass is 462 g/mol. The Hall–Kier alpha value is -3.15. The number of amides is 1. The van der Waals surface area contributed by atoms with E-state index in [4.69, 9.17) is 16.3 Å². The normalized spacial score (nSPS) is 14.5. The summed E-state index contributed by atoms with van der Waals surface area (Å²) in [5.74, 6) is 0.573. The van der Waals surface area contributed by atoms with Gasteiger partial charge in [-0.2, -0.15) is 0 Å². The van der Waals surface area contributed by atoms with Gasteiger partial charge in [-0.3, -0.25) is 14.5 Å². The Balaban J connectivity index is 1.45. The quantitative estimate of drug-likeness (QED) is 0.487.